The Balaban J connectivity index is 2.31. The van der Waals surface area contributed by atoms with Crippen molar-refractivity contribution in [3.05, 3.63) is 29.8 Å². The summed E-state index contributed by atoms with van der Waals surface area (Å²) in [7, 11) is 0. The lowest BCUT2D eigenvalue weighted by Crippen LogP contribution is -2.32. The van der Waals surface area contributed by atoms with E-state index in [0.29, 0.717) is 6.04 Å². The number of para-hydroxylation sites is 1. The molecule has 1 aromatic rings. The summed E-state index contributed by atoms with van der Waals surface area (Å²) in [5.74, 6) is 0. The van der Waals surface area contributed by atoms with Gasteiger partial charge in [0.2, 0.25) is 0 Å². The van der Waals surface area contributed by atoms with Gasteiger partial charge in [0.1, 0.15) is 0 Å². The quantitative estimate of drug-likeness (QED) is 0.687. The number of hydrogen-bond donors (Lipinski definition) is 0. The van der Waals surface area contributed by atoms with Gasteiger partial charge in [0.25, 0.3) is 0 Å². The molecule has 0 amide bonds. The number of aryl methyl sites for hydroxylation is 1. The van der Waals surface area contributed by atoms with Crippen molar-refractivity contribution in [1.82, 2.24) is 0 Å². The molecule has 0 saturated heterocycles. The molecule has 0 fully saturated rings. The summed E-state index contributed by atoms with van der Waals surface area (Å²) in [6.07, 6.45) is 6.71. The van der Waals surface area contributed by atoms with Gasteiger partial charge >= 0.3 is 0 Å². The lowest BCUT2D eigenvalue weighted by atomic mass is 10.0. The summed E-state index contributed by atoms with van der Waals surface area (Å²) in [6.45, 7) is 5.82. The molecule has 16 heavy (non-hydrogen) atoms. The average molecular weight is 217 g/mol. The number of rotatable bonds is 1. The molecular weight excluding hydrogens is 194 g/mol. The summed E-state index contributed by atoms with van der Waals surface area (Å²) >= 11 is 0. The summed E-state index contributed by atoms with van der Waals surface area (Å²) in [6, 6.07) is 9.55. The fourth-order valence-corrected chi connectivity index (χ4v) is 2.61. The van der Waals surface area contributed by atoms with E-state index in [4.69, 9.17) is 0 Å². The molecule has 1 aliphatic heterocycles. The molecule has 0 atom stereocenters. The van der Waals surface area contributed by atoms with Crippen LogP contribution in [0.1, 0.15) is 45.1 Å². The van der Waals surface area contributed by atoms with E-state index in [2.05, 4.69) is 43.0 Å². The van der Waals surface area contributed by atoms with Crippen LogP contribution in [0.25, 0.3) is 0 Å². The third kappa shape index (κ3) is 2.58. The molecule has 2 rings (SSSR count). The first kappa shape index (κ1) is 11.5. The van der Waals surface area contributed by atoms with Gasteiger partial charge in [0.15, 0.2) is 0 Å². The van der Waals surface area contributed by atoms with E-state index in [-0.39, 0.29) is 0 Å². The maximum absolute atomic E-state index is 2.57. The Morgan fingerprint density at radius 1 is 1.00 bits per heavy atom. The molecule has 1 heterocycles. The van der Waals surface area contributed by atoms with Gasteiger partial charge in [0, 0.05) is 18.3 Å². The molecule has 0 saturated carbocycles. The van der Waals surface area contributed by atoms with Crippen LogP contribution in [0.4, 0.5) is 5.69 Å². The molecule has 1 aromatic carbocycles. The predicted molar refractivity (Wildman–Crippen MR) is 71.1 cm³/mol. The second kappa shape index (κ2) is 5.38. The van der Waals surface area contributed by atoms with E-state index in [9.17, 15) is 0 Å². The van der Waals surface area contributed by atoms with Crippen LogP contribution in [-0.2, 0) is 6.42 Å². The number of nitrogens with zero attached hydrogens (tertiary/aromatic N) is 1. The molecule has 1 aliphatic rings. The maximum Gasteiger partial charge on any atom is 0.0401 e. The summed E-state index contributed by atoms with van der Waals surface area (Å²) in [5, 5.41) is 0. The summed E-state index contributed by atoms with van der Waals surface area (Å²) < 4.78 is 0. The summed E-state index contributed by atoms with van der Waals surface area (Å²) in [5.41, 5.74) is 3.01. The van der Waals surface area contributed by atoms with Gasteiger partial charge in [-0.25, -0.2) is 0 Å². The Labute approximate surface area is 99.5 Å². The monoisotopic (exact) mass is 217 g/mol. The van der Waals surface area contributed by atoms with Gasteiger partial charge in [-0.2, -0.15) is 0 Å². The third-order valence-electron chi connectivity index (χ3n) is 3.52. The van der Waals surface area contributed by atoms with Crippen molar-refractivity contribution in [3.8, 4) is 0 Å². The van der Waals surface area contributed by atoms with E-state index in [1.54, 1.807) is 0 Å². The Hall–Kier alpha value is -0.980. The van der Waals surface area contributed by atoms with Crippen molar-refractivity contribution in [3.63, 3.8) is 0 Å². The molecule has 0 unspecified atom stereocenters. The second-order valence-corrected chi connectivity index (χ2v) is 5.08. The number of anilines is 1. The zero-order chi connectivity index (χ0) is 11.4. The van der Waals surface area contributed by atoms with Crippen LogP contribution in [0.2, 0.25) is 0 Å². The van der Waals surface area contributed by atoms with Crippen molar-refractivity contribution < 1.29 is 0 Å². The van der Waals surface area contributed by atoms with Crippen LogP contribution in [0.5, 0.6) is 0 Å². The van der Waals surface area contributed by atoms with Gasteiger partial charge < -0.3 is 4.90 Å². The minimum atomic E-state index is 0.610. The van der Waals surface area contributed by atoms with E-state index in [0.717, 1.165) is 0 Å². The van der Waals surface area contributed by atoms with Gasteiger partial charge in [-0.1, -0.05) is 31.0 Å². The predicted octanol–water partition coefficient (Wildman–Crippen LogP) is 4.02. The first-order chi connectivity index (χ1) is 7.79. The van der Waals surface area contributed by atoms with Gasteiger partial charge in [-0.3, -0.25) is 0 Å². The van der Waals surface area contributed by atoms with E-state index in [1.165, 1.54) is 49.9 Å². The van der Waals surface area contributed by atoms with Gasteiger partial charge in [0.05, 0.1) is 0 Å². The van der Waals surface area contributed by atoms with Gasteiger partial charge in [-0.05, 0) is 44.7 Å². The van der Waals surface area contributed by atoms with Crippen LogP contribution in [0, 0.1) is 0 Å². The molecule has 88 valence electrons. The maximum atomic E-state index is 2.57. The van der Waals surface area contributed by atoms with Crippen LogP contribution in [0.3, 0.4) is 0 Å². The number of benzene rings is 1. The molecule has 0 aliphatic carbocycles. The first-order valence-electron chi connectivity index (χ1n) is 6.63. The molecular formula is C15H23N. The number of hydrogen-bond acceptors (Lipinski definition) is 1. The highest BCUT2D eigenvalue weighted by Crippen LogP contribution is 2.26. The highest BCUT2D eigenvalue weighted by atomic mass is 15.1. The number of fused-ring (bicyclic) bond motifs is 1. The van der Waals surface area contributed by atoms with E-state index >= 15 is 0 Å². The van der Waals surface area contributed by atoms with Crippen LogP contribution >= 0.6 is 0 Å². The largest absolute Gasteiger partial charge is 0.369 e. The molecule has 1 nitrogen and oxygen atoms in total. The second-order valence-electron chi connectivity index (χ2n) is 5.08. The standard InChI is InChI=1S/C15H23N/c1-13(2)16-12-8-4-3-5-9-14-10-6-7-11-15(14)16/h6-7,10-11,13H,3-5,8-9,12H2,1-2H3. The summed E-state index contributed by atoms with van der Waals surface area (Å²) in [4.78, 5) is 2.57. The zero-order valence-corrected chi connectivity index (χ0v) is 10.6. The lowest BCUT2D eigenvalue weighted by Gasteiger charge is -2.30. The Morgan fingerprint density at radius 3 is 2.56 bits per heavy atom. The van der Waals surface area contributed by atoms with Crippen molar-refractivity contribution in [2.45, 2.75) is 52.0 Å². The fraction of sp³-hybridized carbons (Fsp3) is 0.600. The van der Waals surface area contributed by atoms with Crippen molar-refractivity contribution >= 4 is 5.69 Å². The molecule has 1 heteroatoms. The SMILES string of the molecule is CC(C)N1CCCCCCc2ccccc21. The minimum Gasteiger partial charge on any atom is -0.369 e. The van der Waals surface area contributed by atoms with Crippen LogP contribution in [0.15, 0.2) is 24.3 Å². The van der Waals surface area contributed by atoms with Crippen LogP contribution < -0.4 is 4.90 Å². The highest BCUT2D eigenvalue weighted by molar-refractivity contribution is 5.54. The topological polar surface area (TPSA) is 3.24 Å². The van der Waals surface area contributed by atoms with Gasteiger partial charge in [-0.15, -0.1) is 0 Å². The Morgan fingerprint density at radius 2 is 1.75 bits per heavy atom. The fourth-order valence-electron chi connectivity index (χ4n) is 2.61. The molecule has 0 bridgehead atoms. The Bertz CT molecular complexity index is 330. The van der Waals surface area contributed by atoms with Crippen LogP contribution in [-0.4, -0.2) is 12.6 Å². The third-order valence-corrected chi connectivity index (χ3v) is 3.52. The molecule has 0 radical (unpaired) electrons. The molecule has 0 aromatic heterocycles. The van der Waals surface area contributed by atoms with E-state index < -0.39 is 0 Å². The van der Waals surface area contributed by atoms with Crippen molar-refractivity contribution in [2.75, 3.05) is 11.4 Å². The van der Waals surface area contributed by atoms with E-state index in [1.807, 2.05) is 0 Å². The zero-order valence-electron chi connectivity index (χ0n) is 10.6. The molecule has 0 spiro atoms. The first-order valence-corrected chi connectivity index (χ1v) is 6.63. The van der Waals surface area contributed by atoms with Crippen molar-refractivity contribution in [1.29, 1.82) is 0 Å². The lowest BCUT2D eigenvalue weighted by molar-refractivity contribution is 0.612. The normalized spacial score (nSPS) is 17.6. The minimum absolute atomic E-state index is 0.610. The van der Waals surface area contributed by atoms with Crippen molar-refractivity contribution in [2.24, 2.45) is 0 Å². The smallest absolute Gasteiger partial charge is 0.0401 e. The average Bonchev–Trinajstić information content (AvgIpc) is 2.38. The molecule has 0 N–H and O–H groups in total. The Kier molecular flexibility index (Phi) is 3.87. The highest BCUT2D eigenvalue weighted by Gasteiger charge is 2.14.